The summed E-state index contributed by atoms with van der Waals surface area (Å²) in [6.07, 6.45) is 2.60. The van der Waals surface area contributed by atoms with E-state index in [0.29, 0.717) is 46.7 Å². The number of esters is 1. The predicted molar refractivity (Wildman–Crippen MR) is 166 cm³/mol. The molecule has 0 N–H and O–H groups in total. The van der Waals surface area contributed by atoms with Gasteiger partial charge < -0.3 is 41.7 Å². The summed E-state index contributed by atoms with van der Waals surface area (Å²) in [5, 5.41) is 21.8. The molecule has 0 amide bonds. The number of carbonyl (C=O) groups excluding carboxylic acids is 3. The van der Waals surface area contributed by atoms with Crippen molar-refractivity contribution in [3.05, 3.63) is 12.2 Å². The minimum Gasteiger partial charge on any atom is -0.550 e. The molecule has 0 aromatic rings. The van der Waals surface area contributed by atoms with Crippen LogP contribution in [0.1, 0.15) is 39.0 Å². The molecular weight excluding hydrogens is 577 g/mol. The molecule has 0 aliphatic rings. The molecule has 0 aliphatic heterocycles. The summed E-state index contributed by atoms with van der Waals surface area (Å²) in [5.74, 6) is -2.43. The van der Waals surface area contributed by atoms with Gasteiger partial charge in [-0.2, -0.15) is 0 Å². The average Bonchev–Trinajstić information content (AvgIpc) is 2.77. The molecule has 0 saturated carbocycles. The highest BCUT2D eigenvalue weighted by Crippen LogP contribution is 2.30. The molecule has 0 bridgehead atoms. The van der Waals surface area contributed by atoms with Crippen LogP contribution in [-0.2, 0) is 27.4 Å². The van der Waals surface area contributed by atoms with E-state index in [4.69, 9.17) is 13.0 Å². The van der Waals surface area contributed by atoms with Crippen LogP contribution in [0.2, 0.25) is 50.9 Å². The molecule has 0 atom stereocenters. The Bertz CT molecular complexity index is 828. The maximum Gasteiger partial charge on any atom is 0.333 e. The third-order valence-electron chi connectivity index (χ3n) is 7.27. The SMILES string of the molecule is C=C(C)C(=O)OCCC[Si](C)(O[Si](C)(C)CCC[N+](C)(C)CCC(=O)[O-])O[Si](C)(C)CCC[N+](C)(C)CCC(=O)[O-]. The molecule has 0 saturated heterocycles. The van der Waals surface area contributed by atoms with E-state index < -0.39 is 43.1 Å². The minimum atomic E-state index is -2.64. The summed E-state index contributed by atoms with van der Waals surface area (Å²) in [7, 11) is 1.26. The van der Waals surface area contributed by atoms with Gasteiger partial charge in [0.15, 0.2) is 16.6 Å². The van der Waals surface area contributed by atoms with Gasteiger partial charge in [-0.3, -0.25) is 0 Å². The number of hydrogen-bond acceptors (Lipinski definition) is 8. The van der Waals surface area contributed by atoms with Gasteiger partial charge >= 0.3 is 14.5 Å². The highest BCUT2D eigenvalue weighted by atomic mass is 28.5. The molecule has 0 aliphatic carbocycles. The van der Waals surface area contributed by atoms with Crippen LogP contribution >= 0.6 is 0 Å². The maximum atomic E-state index is 11.9. The molecule has 0 fully saturated rings. The van der Waals surface area contributed by atoms with Crippen LogP contribution in [0.5, 0.6) is 0 Å². The fourth-order valence-corrected chi connectivity index (χ4v) is 19.3. The third kappa shape index (κ3) is 20.2. The number of hydrogen-bond donors (Lipinski definition) is 0. The zero-order valence-electron chi connectivity index (χ0n) is 27.6. The highest BCUT2D eigenvalue weighted by molar-refractivity contribution is 6.88. The van der Waals surface area contributed by atoms with Gasteiger partial charge in [-0.15, -0.1) is 0 Å². The number of rotatable bonds is 23. The zero-order chi connectivity index (χ0) is 32.1. The summed E-state index contributed by atoms with van der Waals surface area (Å²) >= 11 is 0. The van der Waals surface area contributed by atoms with E-state index in [1.807, 2.05) is 28.2 Å². The Morgan fingerprint density at radius 1 is 0.683 bits per heavy atom. The molecule has 0 aromatic heterocycles. The van der Waals surface area contributed by atoms with Crippen LogP contribution in [0.25, 0.3) is 0 Å². The Balaban J connectivity index is 5.37. The van der Waals surface area contributed by atoms with Crippen LogP contribution < -0.4 is 10.2 Å². The van der Waals surface area contributed by atoms with Crippen LogP contribution in [0.4, 0.5) is 0 Å². The Morgan fingerprint density at radius 2 is 1.07 bits per heavy atom. The van der Waals surface area contributed by atoms with E-state index >= 15 is 0 Å². The monoisotopic (exact) mass is 634 g/mol. The smallest absolute Gasteiger partial charge is 0.333 e. The van der Waals surface area contributed by atoms with E-state index in [0.717, 1.165) is 38.0 Å². The van der Waals surface area contributed by atoms with E-state index in [9.17, 15) is 24.6 Å². The second-order valence-electron chi connectivity index (χ2n) is 14.1. The third-order valence-corrected chi connectivity index (χ3v) is 19.5. The first-order valence-corrected chi connectivity index (χ1v) is 23.5. The highest BCUT2D eigenvalue weighted by Gasteiger charge is 2.43. The number of carbonyl (C=O) groups is 3. The average molecular weight is 635 g/mol. The van der Waals surface area contributed by atoms with Crippen molar-refractivity contribution in [3.8, 4) is 0 Å². The van der Waals surface area contributed by atoms with Gasteiger partial charge in [0, 0.05) is 30.4 Å². The molecule has 0 unspecified atom stereocenters. The van der Waals surface area contributed by atoms with Gasteiger partial charge in [0.2, 0.25) is 0 Å². The number of carboxylic acids is 2. The zero-order valence-corrected chi connectivity index (χ0v) is 30.6. The van der Waals surface area contributed by atoms with E-state index in [2.05, 4.69) is 39.3 Å². The second kappa shape index (κ2) is 17.1. The summed E-state index contributed by atoms with van der Waals surface area (Å²) in [6.45, 7) is 19.4. The van der Waals surface area contributed by atoms with Crippen molar-refractivity contribution in [2.45, 2.75) is 89.9 Å². The number of aliphatic carboxylic acids is 2. The maximum absolute atomic E-state index is 11.9. The van der Waals surface area contributed by atoms with Crippen molar-refractivity contribution < 1.29 is 46.5 Å². The summed E-state index contributed by atoms with van der Waals surface area (Å²) in [4.78, 5) is 33.7. The molecule has 0 aromatic carbocycles. The lowest BCUT2D eigenvalue weighted by Gasteiger charge is -2.41. The van der Waals surface area contributed by atoms with Gasteiger partial charge in [0.05, 0.1) is 61.0 Å². The topological polar surface area (TPSA) is 125 Å². The lowest BCUT2D eigenvalue weighted by Crippen LogP contribution is -2.54. The lowest BCUT2D eigenvalue weighted by molar-refractivity contribution is -0.890. The summed E-state index contributed by atoms with van der Waals surface area (Å²) in [5.41, 5.74) is 0.376. The Hall–Kier alpha value is -1.36. The Labute approximate surface area is 252 Å². The molecule has 0 radical (unpaired) electrons. The van der Waals surface area contributed by atoms with Gasteiger partial charge in [-0.1, -0.05) is 6.58 Å². The molecule has 0 rings (SSSR count). The summed E-state index contributed by atoms with van der Waals surface area (Å²) < 4.78 is 20.6. The van der Waals surface area contributed by atoms with Crippen LogP contribution in [0.3, 0.4) is 0 Å². The standard InChI is InChI=1S/C28H58N2O8Si3/c1-25(2)28(35)36-21-14-24-41(11,37-39(7,8)22-12-17-29(3,4)19-15-26(31)32)38-40(9,10)23-13-18-30(5,6)20-16-27(33)34/h1,12-24H2,2-11H3. The quantitative estimate of drug-likeness (QED) is 0.0551. The molecule has 13 heteroatoms. The Kier molecular flexibility index (Phi) is 16.5. The molecule has 0 spiro atoms. The Morgan fingerprint density at radius 3 is 1.41 bits per heavy atom. The first kappa shape index (κ1) is 39.6. The predicted octanol–water partition coefficient (Wildman–Crippen LogP) is 2.22. The molecular formula is C28H58N2O8Si3. The lowest BCUT2D eigenvalue weighted by atomic mass is 10.3. The first-order valence-electron chi connectivity index (χ1n) is 14.8. The van der Waals surface area contributed by atoms with Crippen molar-refractivity contribution >= 4 is 43.1 Å². The van der Waals surface area contributed by atoms with Gasteiger partial charge in [0.1, 0.15) is 0 Å². The van der Waals surface area contributed by atoms with Crippen LogP contribution in [-0.4, -0.2) is 113 Å². The molecule has 0 heterocycles. The van der Waals surface area contributed by atoms with Crippen molar-refractivity contribution in [1.29, 1.82) is 0 Å². The van der Waals surface area contributed by atoms with Crippen molar-refractivity contribution in [2.75, 3.05) is 61.0 Å². The molecule has 10 nitrogen and oxygen atoms in total. The largest absolute Gasteiger partial charge is 0.550 e. The fourth-order valence-electron chi connectivity index (χ4n) is 4.95. The molecule has 240 valence electrons. The number of nitrogens with zero attached hydrogens (tertiary/aromatic N) is 2. The van der Waals surface area contributed by atoms with E-state index in [1.165, 1.54) is 0 Å². The van der Waals surface area contributed by atoms with Crippen molar-refractivity contribution in [2.24, 2.45) is 0 Å². The first-order chi connectivity index (χ1) is 18.5. The molecule has 41 heavy (non-hydrogen) atoms. The normalized spacial score (nSPS) is 13.2. The van der Waals surface area contributed by atoms with Crippen LogP contribution in [0, 0.1) is 0 Å². The number of carboxylic acid groups (broad SMARTS) is 2. The number of quaternary nitrogens is 2. The summed E-state index contributed by atoms with van der Waals surface area (Å²) in [6, 6.07) is 2.58. The van der Waals surface area contributed by atoms with Crippen LogP contribution in [0.15, 0.2) is 12.2 Å². The van der Waals surface area contributed by atoms with Crippen molar-refractivity contribution in [3.63, 3.8) is 0 Å². The minimum absolute atomic E-state index is 0.0473. The van der Waals surface area contributed by atoms with E-state index in [1.54, 1.807) is 6.92 Å². The van der Waals surface area contributed by atoms with Gasteiger partial charge in [-0.25, -0.2) is 4.79 Å². The number of ether oxygens (including phenoxy) is 1. The van der Waals surface area contributed by atoms with Gasteiger partial charge in [-0.05, 0) is 77.1 Å². The van der Waals surface area contributed by atoms with Gasteiger partial charge in [0.25, 0.3) is 0 Å². The van der Waals surface area contributed by atoms with E-state index in [-0.39, 0.29) is 12.8 Å². The fraction of sp³-hybridized carbons (Fsp3) is 0.821. The van der Waals surface area contributed by atoms with Crippen molar-refractivity contribution in [1.82, 2.24) is 0 Å². The second-order valence-corrected chi connectivity index (χ2v) is 26.5.